The highest BCUT2D eigenvalue weighted by atomic mass is 19.3. The number of nitrogens with zero attached hydrogens (tertiary/aromatic N) is 1. The van der Waals surface area contributed by atoms with Gasteiger partial charge in [-0.3, -0.25) is 0 Å². The van der Waals surface area contributed by atoms with Gasteiger partial charge >= 0.3 is 5.97 Å². The van der Waals surface area contributed by atoms with E-state index in [1.807, 2.05) is 0 Å². The number of aromatic carboxylic acids is 1. The fraction of sp³-hybridized carbons (Fsp3) is 0.600. The molecule has 0 radical (unpaired) electrons. The molecular formula is C10H11F2NO4. The summed E-state index contributed by atoms with van der Waals surface area (Å²) in [6, 6.07) is 0. The molecule has 1 aliphatic rings. The van der Waals surface area contributed by atoms with E-state index in [4.69, 9.17) is 14.3 Å². The zero-order chi connectivity index (χ0) is 12.6. The van der Waals surface area contributed by atoms with Gasteiger partial charge in [-0.15, -0.1) is 0 Å². The normalized spacial score (nSPS) is 24.5. The second kappa shape index (κ2) is 4.06. The number of hydrogen-bond acceptors (Lipinski definition) is 4. The molecule has 7 heteroatoms. The molecule has 2 rings (SSSR count). The maximum atomic E-state index is 12.6. The monoisotopic (exact) mass is 247 g/mol. The second-order valence-corrected chi connectivity index (χ2v) is 4.02. The van der Waals surface area contributed by atoms with Crippen LogP contribution in [0.2, 0.25) is 0 Å². The topological polar surface area (TPSA) is 72.6 Å². The summed E-state index contributed by atoms with van der Waals surface area (Å²) in [4.78, 5) is 14.3. The first-order valence-electron chi connectivity index (χ1n) is 5.10. The van der Waals surface area contributed by atoms with Gasteiger partial charge in [0, 0.05) is 6.61 Å². The fourth-order valence-corrected chi connectivity index (χ4v) is 1.81. The Morgan fingerprint density at radius 2 is 2.29 bits per heavy atom. The van der Waals surface area contributed by atoms with Crippen LogP contribution in [0.5, 0.6) is 0 Å². The van der Waals surface area contributed by atoms with Crippen molar-refractivity contribution in [1.29, 1.82) is 0 Å². The molecular weight excluding hydrogens is 236 g/mol. The second-order valence-electron chi connectivity index (χ2n) is 4.02. The third-order valence-electron chi connectivity index (χ3n) is 2.73. The first-order valence-corrected chi connectivity index (χ1v) is 5.10. The third-order valence-corrected chi connectivity index (χ3v) is 2.73. The summed E-state index contributed by atoms with van der Waals surface area (Å²) >= 11 is 0. The van der Waals surface area contributed by atoms with Crippen molar-refractivity contribution in [2.75, 3.05) is 6.61 Å². The number of oxazole rings is 1. The van der Waals surface area contributed by atoms with E-state index in [-0.39, 0.29) is 5.89 Å². The van der Waals surface area contributed by atoms with Gasteiger partial charge in [0.1, 0.15) is 5.60 Å². The number of carbonyl (C=O) groups is 1. The van der Waals surface area contributed by atoms with Crippen LogP contribution >= 0.6 is 0 Å². The van der Waals surface area contributed by atoms with Gasteiger partial charge in [0.2, 0.25) is 11.7 Å². The molecule has 1 unspecified atom stereocenters. The maximum Gasteiger partial charge on any atom is 0.374 e. The molecule has 1 aliphatic heterocycles. The molecule has 1 aromatic heterocycles. The average molecular weight is 247 g/mol. The van der Waals surface area contributed by atoms with E-state index in [2.05, 4.69) is 4.98 Å². The Hall–Kier alpha value is -1.50. The van der Waals surface area contributed by atoms with Crippen molar-refractivity contribution < 1.29 is 27.8 Å². The molecule has 1 fully saturated rings. The fourth-order valence-electron chi connectivity index (χ4n) is 1.81. The SMILES string of the molecule is CC1(c2nc(C(F)F)c(C(=O)O)o2)CCCO1. The molecule has 17 heavy (non-hydrogen) atoms. The van der Waals surface area contributed by atoms with Crippen LogP contribution in [-0.2, 0) is 10.3 Å². The first-order chi connectivity index (χ1) is 7.94. The molecule has 0 amide bonds. The number of halogens is 2. The van der Waals surface area contributed by atoms with Gasteiger partial charge in [0.25, 0.3) is 6.43 Å². The molecule has 1 N–H and O–H groups in total. The number of carboxylic acid groups (broad SMARTS) is 1. The van der Waals surface area contributed by atoms with Crippen LogP contribution in [-0.4, -0.2) is 22.7 Å². The lowest BCUT2D eigenvalue weighted by molar-refractivity contribution is -0.00634. The summed E-state index contributed by atoms with van der Waals surface area (Å²) in [5.41, 5.74) is -1.75. The number of alkyl halides is 2. The van der Waals surface area contributed by atoms with Crippen LogP contribution in [0.1, 0.15) is 48.3 Å². The van der Waals surface area contributed by atoms with Gasteiger partial charge in [0.05, 0.1) is 0 Å². The molecule has 2 heterocycles. The molecule has 0 bridgehead atoms. The van der Waals surface area contributed by atoms with E-state index < -0.39 is 29.4 Å². The quantitative estimate of drug-likeness (QED) is 0.887. The number of hydrogen-bond donors (Lipinski definition) is 1. The minimum absolute atomic E-state index is 0.0947. The molecule has 0 aliphatic carbocycles. The highest BCUT2D eigenvalue weighted by Crippen LogP contribution is 2.37. The molecule has 5 nitrogen and oxygen atoms in total. The van der Waals surface area contributed by atoms with Crippen molar-refractivity contribution in [2.45, 2.75) is 31.8 Å². The molecule has 0 saturated carbocycles. The van der Waals surface area contributed by atoms with Crippen LogP contribution in [0.3, 0.4) is 0 Å². The smallest absolute Gasteiger partial charge is 0.374 e. The van der Waals surface area contributed by atoms with Gasteiger partial charge in [-0.1, -0.05) is 0 Å². The highest BCUT2D eigenvalue weighted by Gasteiger charge is 2.39. The molecule has 94 valence electrons. The summed E-state index contributed by atoms with van der Waals surface area (Å²) in [5.74, 6) is -2.46. The van der Waals surface area contributed by atoms with Crippen LogP contribution in [0.4, 0.5) is 8.78 Å². The number of rotatable bonds is 3. The molecule has 1 saturated heterocycles. The average Bonchev–Trinajstić information content (AvgIpc) is 2.83. The number of ether oxygens (including phenoxy) is 1. The van der Waals surface area contributed by atoms with Crippen molar-refractivity contribution in [3.63, 3.8) is 0 Å². The zero-order valence-corrected chi connectivity index (χ0v) is 9.07. The predicted molar refractivity (Wildman–Crippen MR) is 51.0 cm³/mol. The van der Waals surface area contributed by atoms with Crippen LogP contribution in [0, 0.1) is 0 Å². The van der Waals surface area contributed by atoms with E-state index in [1.54, 1.807) is 6.92 Å². The summed E-state index contributed by atoms with van der Waals surface area (Å²) in [5, 5.41) is 8.75. The van der Waals surface area contributed by atoms with Crippen molar-refractivity contribution in [2.24, 2.45) is 0 Å². The van der Waals surface area contributed by atoms with E-state index >= 15 is 0 Å². The minimum Gasteiger partial charge on any atom is -0.475 e. The van der Waals surface area contributed by atoms with Crippen LogP contribution < -0.4 is 0 Å². The van der Waals surface area contributed by atoms with E-state index in [9.17, 15) is 13.6 Å². The van der Waals surface area contributed by atoms with Crippen molar-refractivity contribution in [3.8, 4) is 0 Å². The van der Waals surface area contributed by atoms with Gasteiger partial charge in [0.15, 0.2) is 5.69 Å². The maximum absolute atomic E-state index is 12.6. The Balaban J connectivity index is 2.43. The van der Waals surface area contributed by atoms with Gasteiger partial charge in [-0.05, 0) is 19.8 Å². The Labute approximate surface area is 95.4 Å². The van der Waals surface area contributed by atoms with E-state index in [0.717, 1.165) is 6.42 Å². The number of aromatic nitrogens is 1. The summed E-state index contributed by atoms with van der Waals surface area (Å²) < 4.78 is 35.4. The molecule has 1 atom stereocenters. The van der Waals surface area contributed by atoms with Crippen molar-refractivity contribution >= 4 is 5.97 Å². The summed E-state index contributed by atoms with van der Waals surface area (Å²) in [6.07, 6.45) is -1.66. The third kappa shape index (κ3) is 2.02. The lowest BCUT2D eigenvalue weighted by atomic mass is 10.0. The Morgan fingerprint density at radius 1 is 1.59 bits per heavy atom. The summed E-state index contributed by atoms with van der Waals surface area (Å²) in [7, 11) is 0. The Morgan fingerprint density at radius 3 is 2.71 bits per heavy atom. The molecule has 1 aromatic rings. The standard InChI is InChI=1S/C10H11F2NO4/c1-10(3-2-4-16-10)9-13-5(7(11)12)6(17-9)8(14)15/h7H,2-4H2,1H3,(H,14,15). The van der Waals surface area contributed by atoms with Crippen LogP contribution in [0.15, 0.2) is 4.42 Å². The van der Waals surface area contributed by atoms with Gasteiger partial charge < -0.3 is 14.3 Å². The van der Waals surface area contributed by atoms with Crippen molar-refractivity contribution in [3.05, 3.63) is 17.3 Å². The van der Waals surface area contributed by atoms with Gasteiger partial charge in [-0.25, -0.2) is 18.6 Å². The van der Waals surface area contributed by atoms with E-state index in [1.165, 1.54) is 0 Å². The molecule has 0 aromatic carbocycles. The van der Waals surface area contributed by atoms with Gasteiger partial charge in [-0.2, -0.15) is 0 Å². The largest absolute Gasteiger partial charge is 0.475 e. The lowest BCUT2D eigenvalue weighted by Gasteiger charge is -2.17. The van der Waals surface area contributed by atoms with Crippen molar-refractivity contribution in [1.82, 2.24) is 4.98 Å². The first kappa shape index (κ1) is 12.0. The van der Waals surface area contributed by atoms with Crippen LogP contribution in [0.25, 0.3) is 0 Å². The molecule has 0 spiro atoms. The summed E-state index contributed by atoms with van der Waals surface area (Å²) in [6.45, 7) is 2.12. The Bertz CT molecular complexity index is 438. The predicted octanol–water partition coefficient (Wildman–Crippen LogP) is 2.34. The zero-order valence-electron chi connectivity index (χ0n) is 9.07. The highest BCUT2D eigenvalue weighted by molar-refractivity contribution is 5.85. The Kier molecular flexibility index (Phi) is 2.86. The van der Waals surface area contributed by atoms with E-state index in [0.29, 0.717) is 13.0 Å². The minimum atomic E-state index is -2.98. The number of carboxylic acids is 1. The lowest BCUT2D eigenvalue weighted by Crippen LogP contribution is -2.20.